The van der Waals surface area contributed by atoms with Gasteiger partial charge in [-0.1, -0.05) is 18.2 Å². The topological polar surface area (TPSA) is 68.6 Å². The number of rotatable bonds is 6. The van der Waals surface area contributed by atoms with E-state index in [1.54, 1.807) is 12.3 Å². The number of thiocarbonyl (C=S) groups is 1. The summed E-state index contributed by atoms with van der Waals surface area (Å²) in [6, 6.07) is 17.2. The first-order valence-electron chi connectivity index (χ1n) is 11.1. The Morgan fingerprint density at radius 3 is 2.82 bits per heavy atom. The summed E-state index contributed by atoms with van der Waals surface area (Å²) in [5, 5.41) is 4.17. The van der Waals surface area contributed by atoms with Crippen molar-refractivity contribution < 1.29 is 14.3 Å². The van der Waals surface area contributed by atoms with E-state index in [2.05, 4.69) is 21.3 Å². The third-order valence-corrected chi connectivity index (χ3v) is 6.63. The second kappa shape index (κ2) is 9.33. The number of nitrogens with one attached hydrogen (secondary N) is 1. The van der Waals surface area contributed by atoms with Crippen molar-refractivity contribution in [1.29, 1.82) is 0 Å². The van der Waals surface area contributed by atoms with Gasteiger partial charge in [-0.05, 0) is 61.5 Å². The van der Waals surface area contributed by atoms with Crippen molar-refractivity contribution in [3.8, 4) is 5.69 Å². The lowest BCUT2D eigenvalue weighted by atomic mass is 10.0. The average molecular weight is 463 g/mol. The Bertz CT molecular complexity index is 1140. The number of aromatic nitrogens is 2. The maximum absolute atomic E-state index is 12.5. The van der Waals surface area contributed by atoms with Crippen LogP contribution in [0.15, 0.2) is 67.0 Å². The van der Waals surface area contributed by atoms with Crippen LogP contribution in [-0.4, -0.2) is 51.9 Å². The van der Waals surface area contributed by atoms with Gasteiger partial charge in [0.2, 0.25) is 0 Å². The number of nitrogens with zero attached hydrogens (tertiary/aromatic N) is 3. The number of hydrogen-bond acceptors (Lipinski definition) is 5. The van der Waals surface area contributed by atoms with Crippen LogP contribution in [0, 0.1) is 0 Å². The number of pyridine rings is 1. The van der Waals surface area contributed by atoms with Crippen LogP contribution in [-0.2, 0) is 9.47 Å². The zero-order valence-corrected chi connectivity index (χ0v) is 19.2. The lowest BCUT2D eigenvalue weighted by Gasteiger charge is -2.30. The van der Waals surface area contributed by atoms with Crippen molar-refractivity contribution in [3.05, 3.63) is 83.9 Å². The first-order chi connectivity index (χ1) is 16.2. The number of carbonyl (C=O) groups excluding carboxylic acids is 1. The summed E-state index contributed by atoms with van der Waals surface area (Å²) in [6.45, 7) is 1.49. The Kier molecular flexibility index (Phi) is 6.11. The second-order valence-electron chi connectivity index (χ2n) is 8.23. The zero-order valence-electron chi connectivity index (χ0n) is 18.4. The number of hydrogen-bond donors (Lipinski definition) is 1. The molecule has 2 aliphatic rings. The quantitative estimate of drug-likeness (QED) is 0.441. The third-order valence-electron chi connectivity index (χ3n) is 6.27. The van der Waals surface area contributed by atoms with Crippen molar-refractivity contribution in [3.63, 3.8) is 0 Å². The average Bonchev–Trinajstić information content (AvgIpc) is 3.60. The monoisotopic (exact) mass is 462 g/mol. The molecule has 0 bridgehead atoms. The summed E-state index contributed by atoms with van der Waals surface area (Å²) in [5.74, 6) is -0.372. The predicted octanol–water partition coefficient (Wildman–Crippen LogP) is 3.81. The first kappa shape index (κ1) is 21.6. The molecule has 2 aliphatic heterocycles. The number of ether oxygens (including phenoxy) is 2. The van der Waals surface area contributed by atoms with Crippen molar-refractivity contribution in [2.75, 3.05) is 20.3 Å². The summed E-state index contributed by atoms with van der Waals surface area (Å²) >= 11 is 5.80. The maximum Gasteiger partial charge on any atom is 0.339 e. The molecule has 2 fully saturated rings. The van der Waals surface area contributed by atoms with E-state index in [0.29, 0.717) is 17.2 Å². The Morgan fingerprint density at radius 2 is 2.06 bits per heavy atom. The predicted molar refractivity (Wildman–Crippen MR) is 128 cm³/mol. The minimum Gasteiger partial charge on any atom is -0.465 e. The molecule has 0 amide bonds. The van der Waals surface area contributed by atoms with Gasteiger partial charge in [0.15, 0.2) is 5.11 Å². The minimum atomic E-state index is -0.372. The molecule has 0 radical (unpaired) electrons. The van der Waals surface area contributed by atoms with Crippen LogP contribution >= 0.6 is 12.2 Å². The number of benzene rings is 1. The van der Waals surface area contributed by atoms with E-state index in [0.717, 1.165) is 36.5 Å². The Balaban J connectivity index is 1.60. The molecule has 2 saturated heterocycles. The van der Waals surface area contributed by atoms with Gasteiger partial charge >= 0.3 is 5.97 Å². The lowest BCUT2D eigenvalue weighted by molar-refractivity contribution is 0.0600. The molecule has 0 spiro atoms. The van der Waals surface area contributed by atoms with Crippen LogP contribution in [0.3, 0.4) is 0 Å². The van der Waals surface area contributed by atoms with E-state index in [9.17, 15) is 4.79 Å². The first-order valence-corrected chi connectivity index (χ1v) is 11.5. The fraction of sp³-hybridized carbons (Fsp3) is 0.320. The standard InChI is InChI=1S/C25H26N4O3S/c1-31-24(30)18-9-2-3-11-20(18)28-14-6-12-21(28)23-22(19-10-4-5-13-26-19)27-25(33)29(23)16-17-8-7-15-32-17/h2-6,9-14,17,22-23H,7-8,15-16H2,1H3,(H,27,33)/t17-,22+,23-/m1/s1. The number of methoxy groups -OCH3 is 1. The van der Waals surface area contributed by atoms with Crippen molar-refractivity contribution in [2.24, 2.45) is 0 Å². The van der Waals surface area contributed by atoms with Gasteiger partial charge in [0.05, 0.1) is 42.2 Å². The summed E-state index contributed by atoms with van der Waals surface area (Å²) in [4.78, 5) is 19.3. The fourth-order valence-corrected chi connectivity index (χ4v) is 5.07. The molecule has 3 atom stereocenters. The van der Waals surface area contributed by atoms with Crippen molar-refractivity contribution in [2.45, 2.75) is 31.0 Å². The molecule has 0 aliphatic carbocycles. The molecule has 1 N–H and O–H groups in total. The molecule has 3 aromatic rings. The van der Waals surface area contributed by atoms with E-state index >= 15 is 0 Å². The van der Waals surface area contributed by atoms with E-state index in [4.69, 9.17) is 21.7 Å². The van der Waals surface area contributed by atoms with Gasteiger partial charge in [-0.15, -0.1) is 0 Å². The SMILES string of the molecule is COC(=O)c1ccccc1-n1cccc1[C@@H]1[C@H](c2ccccn2)NC(=S)N1C[C@H]1CCCO1. The Labute approximate surface area is 198 Å². The van der Waals surface area contributed by atoms with Gasteiger partial charge in [0, 0.05) is 31.2 Å². The molecular formula is C25H26N4O3S. The molecule has 5 rings (SSSR count). The number of esters is 1. The van der Waals surface area contributed by atoms with Crippen LogP contribution < -0.4 is 5.32 Å². The molecule has 1 aromatic carbocycles. The molecule has 0 saturated carbocycles. The van der Waals surface area contributed by atoms with Gasteiger partial charge in [-0.2, -0.15) is 0 Å². The number of para-hydroxylation sites is 1. The molecular weight excluding hydrogens is 436 g/mol. The summed E-state index contributed by atoms with van der Waals surface area (Å²) in [5.41, 5.74) is 3.19. The Morgan fingerprint density at radius 1 is 1.21 bits per heavy atom. The molecule has 7 nitrogen and oxygen atoms in total. The normalized spacial score (nSPS) is 22.4. The van der Waals surface area contributed by atoms with Crippen molar-refractivity contribution >= 4 is 23.3 Å². The summed E-state index contributed by atoms with van der Waals surface area (Å²) in [7, 11) is 1.40. The van der Waals surface area contributed by atoms with Crippen LogP contribution in [0.25, 0.3) is 5.69 Å². The van der Waals surface area contributed by atoms with Gasteiger partial charge < -0.3 is 24.3 Å². The van der Waals surface area contributed by atoms with E-state index < -0.39 is 0 Å². The highest BCUT2D eigenvalue weighted by Gasteiger charge is 2.42. The number of carbonyl (C=O) groups is 1. The Hall–Kier alpha value is -3.23. The van der Waals surface area contributed by atoms with Gasteiger partial charge in [-0.25, -0.2) is 4.79 Å². The van der Waals surface area contributed by atoms with Gasteiger partial charge in [0.25, 0.3) is 0 Å². The zero-order chi connectivity index (χ0) is 22.8. The second-order valence-corrected chi connectivity index (χ2v) is 8.61. The highest BCUT2D eigenvalue weighted by atomic mass is 32.1. The maximum atomic E-state index is 12.5. The smallest absolute Gasteiger partial charge is 0.339 e. The van der Waals surface area contributed by atoms with Crippen LogP contribution in [0.1, 0.15) is 46.7 Å². The molecule has 2 aromatic heterocycles. The highest BCUT2D eigenvalue weighted by Crippen LogP contribution is 2.40. The molecule has 0 unspecified atom stereocenters. The van der Waals surface area contributed by atoms with Crippen molar-refractivity contribution in [1.82, 2.24) is 19.8 Å². The van der Waals surface area contributed by atoms with E-state index in [1.807, 2.05) is 53.2 Å². The molecule has 170 valence electrons. The van der Waals surface area contributed by atoms with Crippen LogP contribution in [0.5, 0.6) is 0 Å². The molecule has 4 heterocycles. The van der Waals surface area contributed by atoms with Crippen LogP contribution in [0.2, 0.25) is 0 Å². The minimum absolute atomic E-state index is 0.127. The fourth-order valence-electron chi connectivity index (χ4n) is 4.75. The van der Waals surface area contributed by atoms with Gasteiger partial charge in [0.1, 0.15) is 0 Å². The van der Waals surface area contributed by atoms with E-state index in [-0.39, 0.29) is 24.2 Å². The molecule has 33 heavy (non-hydrogen) atoms. The highest BCUT2D eigenvalue weighted by molar-refractivity contribution is 7.80. The molecule has 8 heteroatoms. The third kappa shape index (κ3) is 4.12. The largest absolute Gasteiger partial charge is 0.465 e. The van der Waals surface area contributed by atoms with E-state index in [1.165, 1.54) is 7.11 Å². The van der Waals surface area contributed by atoms with Gasteiger partial charge in [-0.3, -0.25) is 4.98 Å². The summed E-state index contributed by atoms with van der Waals surface area (Å²) in [6.07, 6.45) is 5.99. The van der Waals surface area contributed by atoms with Crippen LogP contribution in [0.4, 0.5) is 0 Å². The summed E-state index contributed by atoms with van der Waals surface area (Å²) < 4.78 is 13.0. The lowest BCUT2D eigenvalue weighted by Crippen LogP contribution is -2.36.